The number of nitrogens with one attached hydrogen (secondary N) is 2. The smallest absolute Gasteiger partial charge is 0.141 e. The third-order valence-corrected chi connectivity index (χ3v) is 2.32. The zero-order valence-corrected chi connectivity index (χ0v) is 7.85. The molecule has 0 amide bonds. The minimum atomic E-state index is -0.307. The number of aliphatic hydroxyl groups is 1. The number of β-amino-alcohol motifs (C(OH)–C–C–N with tert-alkyl or cyclic N) is 1. The van der Waals surface area contributed by atoms with Crippen molar-refractivity contribution in [1.29, 1.82) is 0 Å². The van der Waals surface area contributed by atoms with Crippen LogP contribution in [0.1, 0.15) is 5.82 Å². The first-order valence-electron chi connectivity index (χ1n) is 4.74. The van der Waals surface area contributed by atoms with Crippen LogP contribution in [0.25, 0.3) is 0 Å². The third kappa shape index (κ3) is 2.25. The van der Waals surface area contributed by atoms with Gasteiger partial charge >= 0.3 is 0 Å². The summed E-state index contributed by atoms with van der Waals surface area (Å²) in [5.74, 6) is 0.756. The first-order valence-corrected chi connectivity index (χ1v) is 4.74. The molecular formula is C9H14N4O. The lowest BCUT2D eigenvalue weighted by Gasteiger charge is -2.14. The van der Waals surface area contributed by atoms with E-state index in [0.29, 0.717) is 13.1 Å². The van der Waals surface area contributed by atoms with Crippen molar-refractivity contribution in [3.63, 3.8) is 0 Å². The van der Waals surface area contributed by atoms with Crippen LogP contribution in [0.2, 0.25) is 0 Å². The van der Waals surface area contributed by atoms with Gasteiger partial charge in [0.05, 0.1) is 12.6 Å². The molecule has 1 aliphatic heterocycles. The van der Waals surface area contributed by atoms with Gasteiger partial charge < -0.3 is 15.7 Å². The highest BCUT2D eigenvalue weighted by molar-refractivity contribution is 4.91. The minimum absolute atomic E-state index is 0.110. The van der Waals surface area contributed by atoms with E-state index in [2.05, 4.69) is 20.6 Å². The summed E-state index contributed by atoms with van der Waals surface area (Å²) in [5, 5.41) is 15.8. The molecule has 0 unspecified atom stereocenters. The summed E-state index contributed by atoms with van der Waals surface area (Å²) in [4.78, 5) is 8.18. The van der Waals surface area contributed by atoms with Crippen LogP contribution in [0.3, 0.4) is 0 Å². The predicted molar refractivity (Wildman–Crippen MR) is 51.5 cm³/mol. The van der Waals surface area contributed by atoms with Gasteiger partial charge in [0.25, 0.3) is 0 Å². The summed E-state index contributed by atoms with van der Waals surface area (Å²) in [6.07, 6.45) is 3.12. The number of hydrogen-bond acceptors (Lipinski definition) is 5. The van der Waals surface area contributed by atoms with E-state index >= 15 is 0 Å². The largest absolute Gasteiger partial charge is 0.390 e. The normalized spacial score (nSPS) is 26.6. The van der Waals surface area contributed by atoms with E-state index in [1.165, 1.54) is 0 Å². The highest BCUT2D eigenvalue weighted by Gasteiger charge is 2.23. The number of aromatic nitrogens is 2. The van der Waals surface area contributed by atoms with Gasteiger partial charge in [0.2, 0.25) is 0 Å². The van der Waals surface area contributed by atoms with Gasteiger partial charge in [-0.2, -0.15) is 0 Å². The molecule has 1 aromatic heterocycles. The van der Waals surface area contributed by atoms with Crippen LogP contribution in [-0.4, -0.2) is 40.3 Å². The summed E-state index contributed by atoms with van der Waals surface area (Å²) >= 11 is 0. The van der Waals surface area contributed by atoms with Crippen LogP contribution in [0.5, 0.6) is 0 Å². The van der Waals surface area contributed by atoms with Gasteiger partial charge in [0.15, 0.2) is 0 Å². The fourth-order valence-corrected chi connectivity index (χ4v) is 1.52. The number of rotatable bonds is 3. The van der Waals surface area contributed by atoms with E-state index in [9.17, 15) is 5.11 Å². The first kappa shape index (κ1) is 9.51. The predicted octanol–water partition coefficient (Wildman–Crippen LogP) is -1.10. The molecule has 1 aromatic rings. The monoisotopic (exact) mass is 194 g/mol. The molecule has 0 spiro atoms. The molecule has 5 heteroatoms. The van der Waals surface area contributed by atoms with Crippen molar-refractivity contribution in [3.8, 4) is 0 Å². The van der Waals surface area contributed by atoms with E-state index in [-0.39, 0.29) is 12.1 Å². The second-order valence-corrected chi connectivity index (χ2v) is 3.38. The molecule has 2 heterocycles. The lowest BCUT2D eigenvalue weighted by atomic mass is 10.2. The second-order valence-electron chi connectivity index (χ2n) is 3.38. The molecule has 1 aliphatic rings. The Bertz CT molecular complexity index is 279. The van der Waals surface area contributed by atoms with Crippen molar-refractivity contribution in [2.45, 2.75) is 18.7 Å². The molecule has 0 bridgehead atoms. The maximum atomic E-state index is 9.50. The second kappa shape index (κ2) is 4.45. The van der Waals surface area contributed by atoms with Gasteiger partial charge in [0, 0.05) is 31.5 Å². The van der Waals surface area contributed by atoms with Crippen molar-refractivity contribution >= 4 is 0 Å². The van der Waals surface area contributed by atoms with Crippen LogP contribution >= 0.6 is 0 Å². The molecule has 0 saturated carbocycles. The Balaban J connectivity index is 1.82. The van der Waals surface area contributed by atoms with E-state index in [1.807, 2.05) is 0 Å². The lowest BCUT2D eigenvalue weighted by Crippen LogP contribution is -2.38. The molecule has 1 saturated heterocycles. The fourth-order valence-electron chi connectivity index (χ4n) is 1.52. The van der Waals surface area contributed by atoms with Crippen LogP contribution in [0, 0.1) is 0 Å². The average molecular weight is 194 g/mol. The third-order valence-electron chi connectivity index (χ3n) is 2.32. The van der Waals surface area contributed by atoms with Crippen molar-refractivity contribution in [2.75, 3.05) is 13.1 Å². The Labute approximate surface area is 82.6 Å². The summed E-state index contributed by atoms with van der Waals surface area (Å²) in [7, 11) is 0. The number of hydrogen-bond donors (Lipinski definition) is 3. The number of aliphatic hydroxyl groups excluding tert-OH is 1. The van der Waals surface area contributed by atoms with Gasteiger partial charge in [-0.25, -0.2) is 9.97 Å². The highest BCUT2D eigenvalue weighted by atomic mass is 16.3. The molecule has 1 fully saturated rings. The zero-order chi connectivity index (χ0) is 9.80. The molecule has 2 atom stereocenters. The van der Waals surface area contributed by atoms with Crippen LogP contribution in [-0.2, 0) is 6.54 Å². The molecule has 14 heavy (non-hydrogen) atoms. The van der Waals surface area contributed by atoms with E-state index in [4.69, 9.17) is 0 Å². The van der Waals surface area contributed by atoms with Gasteiger partial charge in [-0.15, -0.1) is 0 Å². The quantitative estimate of drug-likeness (QED) is 0.570. The van der Waals surface area contributed by atoms with E-state index < -0.39 is 0 Å². The van der Waals surface area contributed by atoms with Crippen molar-refractivity contribution in [3.05, 3.63) is 24.3 Å². The Hall–Kier alpha value is -1.04. The highest BCUT2D eigenvalue weighted by Crippen LogP contribution is 1.99. The SMILES string of the molecule is O[C@@H]1CNC[C@H]1NCc1ncccn1. The minimum Gasteiger partial charge on any atom is -0.390 e. The summed E-state index contributed by atoms with van der Waals surface area (Å²) < 4.78 is 0. The van der Waals surface area contributed by atoms with Gasteiger partial charge in [-0.1, -0.05) is 0 Å². The average Bonchev–Trinajstić information content (AvgIpc) is 2.63. The van der Waals surface area contributed by atoms with Crippen molar-refractivity contribution < 1.29 is 5.11 Å². The van der Waals surface area contributed by atoms with Crippen LogP contribution in [0.4, 0.5) is 0 Å². The molecular weight excluding hydrogens is 180 g/mol. The Morgan fingerprint density at radius 2 is 2.21 bits per heavy atom. The topological polar surface area (TPSA) is 70.1 Å². The Kier molecular flexibility index (Phi) is 3.03. The fraction of sp³-hybridized carbons (Fsp3) is 0.556. The van der Waals surface area contributed by atoms with E-state index in [0.717, 1.165) is 12.4 Å². The molecule has 0 radical (unpaired) electrons. The number of nitrogens with zero attached hydrogens (tertiary/aromatic N) is 2. The molecule has 5 nitrogen and oxygen atoms in total. The molecule has 2 rings (SSSR count). The van der Waals surface area contributed by atoms with Gasteiger partial charge in [0.1, 0.15) is 5.82 Å². The maximum absolute atomic E-state index is 9.50. The lowest BCUT2D eigenvalue weighted by molar-refractivity contribution is 0.162. The van der Waals surface area contributed by atoms with Crippen LogP contribution in [0.15, 0.2) is 18.5 Å². The summed E-state index contributed by atoms with van der Waals surface area (Å²) in [5.41, 5.74) is 0. The standard InChI is InChI=1S/C9H14N4O/c14-8-5-10-4-7(8)13-6-9-11-2-1-3-12-9/h1-3,7-8,10,13-14H,4-6H2/t7-,8-/m1/s1. The molecule has 0 aliphatic carbocycles. The maximum Gasteiger partial charge on any atom is 0.141 e. The van der Waals surface area contributed by atoms with Gasteiger partial charge in [-0.3, -0.25) is 0 Å². The zero-order valence-electron chi connectivity index (χ0n) is 7.85. The van der Waals surface area contributed by atoms with Crippen molar-refractivity contribution in [1.82, 2.24) is 20.6 Å². The first-order chi connectivity index (χ1) is 6.86. The molecule has 76 valence electrons. The Morgan fingerprint density at radius 3 is 2.86 bits per heavy atom. The van der Waals surface area contributed by atoms with Gasteiger partial charge in [-0.05, 0) is 6.07 Å². The molecule has 3 N–H and O–H groups in total. The van der Waals surface area contributed by atoms with Crippen molar-refractivity contribution in [2.24, 2.45) is 0 Å². The van der Waals surface area contributed by atoms with Crippen LogP contribution < -0.4 is 10.6 Å². The van der Waals surface area contributed by atoms with E-state index in [1.54, 1.807) is 18.5 Å². The summed E-state index contributed by atoms with van der Waals surface area (Å²) in [6.45, 7) is 2.06. The molecule has 0 aromatic carbocycles. The Morgan fingerprint density at radius 1 is 1.43 bits per heavy atom. The summed E-state index contributed by atoms with van der Waals surface area (Å²) in [6, 6.07) is 1.90.